The molecule has 2 rings (SSSR count). The van der Waals surface area contributed by atoms with Crippen molar-refractivity contribution in [3.05, 3.63) is 52.0 Å². The SMILES string of the molecule is COc1ccc(CN(CC(C)C)C(C)=O)cc1OS(=O)(=O)c1ccc(Cl)c(Cl)c1. The zero-order valence-electron chi connectivity index (χ0n) is 16.6. The van der Waals surface area contributed by atoms with Crippen molar-refractivity contribution in [1.82, 2.24) is 4.90 Å². The minimum absolute atomic E-state index is 0.0177. The molecular weight excluding hydrogens is 437 g/mol. The lowest BCUT2D eigenvalue weighted by atomic mass is 10.1. The molecule has 0 aliphatic heterocycles. The highest BCUT2D eigenvalue weighted by Gasteiger charge is 2.21. The lowest BCUT2D eigenvalue weighted by molar-refractivity contribution is -0.130. The van der Waals surface area contributed by atoms with Gasteiger partial charge in [0, 0.05) is 20.0 Å². The maximum Gasteiger partial charge on any atom is 0.339 e. The quantitative estimate of drug-likeness (QED) is 0.531. The van der Waals surface area contributed by atoms with Crippen LogP contribution in [0.25, 0.3) is 0 Å². The Kier molecular flexibility index (Phi) is 7.80. The van der Waals surface area contributed by atoms with Gasteiger partial charge in [-0.15, -0.1) is 0 Å². The van der Waals surface area contributed by atoms with Crippen LogP contribution in [0.15, 0.2) is 41.3 Å². The Bertz CT molecular complexity index is 992. The van der Waals surface area contributed by atoms with Crippen molar-refractivity contribution in [3.8, 4) is 11.5 Å². The van der Waals surface area contributed by atoms with E-state index in [1.165, 1.54) is 32.2 Å². The molecule has 0 bridgehead atoms. The third-order valence-electron chi connectivity index (χ3n) is 4.01. The molecule has 0 heterocycles. The first-order valence-electron chi connectivity index (χ1n) is 8.85. The highest BCUT2D eigenvalue weighted by Crippen LogP contribution is 2.32. The molecule has 6 nitrogen and oxygen atoms in total. The highest BCUT2D eigenvalue weighted by atomic mass is 35.5. The molecule has 0 fully saturated rings. The second kappa shape index (κ2) is 9.69. The summed E-state index contributed by atoms with van der Waals surface area (Å²) >= 11 is 11.8. The first-order valence-corrected chi connectivity index (χ1v) is 11.0. The van der Waals surface area contributed by atoms with Crippen LogP contribution < -0.4 is 8.92 Å². The number of methoxy groups -OCH3 is 1. The number of halogens is 2. The van der Waals surface area contributed by atoms with Gasteiger partial charge in [0.2, 0.25) is 5.91 Å². The van der Waals surface area contributed by atoms with Crippen molar-refractivity contribution in [1.29, 1.82) is 0 Å². The molecule has 2 aromatic rings. The lowest BCUT2D eigenvalue weighted by Gasteiger charge is -2.23. The third-order valence-corrected chi connectivity index (χ3v) is 5.98. The zero-order chi connectivity index (χ0) is 21.8. The van der Waals surface area contributed by atoms with Gasteiger partial charge in [0.1, 0.15) is 4.90 Å². The van der Waals surface area contributed by atoms with Crippen LogP contribution in [0.2, 0.25) is 10.0 Å². The van der Waals surface area contributed by atoms with Gasteiger partial charge in [0.05, 0.1) is 17.2 Å². The summed E-state index contributed by atoms with van der Waals surface area (Å²) in [5.41, 5.74) is 0.709. The van der Waals surface area contributed by atoms with E-state index in [0.717, 1.165) is 0 Å². The number of benzene rings is 2. The average molecular weight is 460 g/mol. The van der Waals surface area contributed by atoms with Gasteiger partial charge in [-0.25, -0.2) is 0 Å². The van der Waals surface area contributed by atoms with Crippen molar-refractivity contribution >= 4 is 39.2 Å². The predicted octanol–water partition coefficient (Wildman–Crippen LogP) is 4.77. The van der Waals surface area contributed by atoms with Crippen LogP contribution >= 0.6 is 23.2 Å². The number of carbonyl (C=O) groups is 1. The number of amides is 1. The summed E-state index contributed by atoms with van der Waals surface area (Å²) in [6.45, 7) is 6.43. The van der Waals surface area contributed by atoms with Crippen LogP contribution in [-0.2, 0) is 21.5 Å². The number of carbonyl (C=O) groups excluding carboxylic acids is 1. The molecule has 158 valence electrons. The van der Waals surface area contributed by atoms with E-state index in [1.807, 2.05) is 13.8 Å². The van der Waals surface area contributed by atoms with Crippen LogP contribution in [0, 0.1) is 5.92 Å². The monoisotopic (exact) mass is 459 g/mol. The van der Waals surface area contributed by atoms with E-state index in [2.05, 4.69) is 0 Å². The van der Waals surface area contributed by atoms with Crippen molar-refractivity contribution in [3.63, 3.8) is 0 Å². The van der Waals surface area contributed by atoms with Gasteiger partial charge in [-0.2, -0.15) is 8.42 Å². The van der Waals surface area contributed by atoms with Crippen molar-refractivity contribution in [2.45, 2.75) is 32.2 Å². The average Bonchev–Trinajstić information content (AvgIpc) is 2.63. The van der Waals surface area contributed by atoms with Gasteiger partial charge in [0.15, 0.2) is 11.5 Å². The minimum atomic E-state index is -4.17. The molecule has 29 heavy (non-hydrogen) atoms. The van der Waals surface area contributed by atoms with Crippen LogP contribution in [-0.4, -0.2) is 32.9 Å². The van der Waals surface area contributed by atoms with Crippen LogP contribution in [0.1, 0.15) is 26.3 Å². The molecule has 0 saturated carbocycles. The van der Waals surface area contributed by atoms with Gasteiger partial charge >= 0.3 is 10.1 Å². The largest absolute Gasteiger partial charge is 0.493 e. The second-order valence-electron chi connectivity index (χ2n) is 6.89. The first-order chi connectivity index (χ1) is 13.5. The van der Waals surface area contributed by atoms with Crippen LogP contribution in [0.3, 0.4) is 0 Å². The topological polar surface area (TPSA) is 72.9 Å². The van der Waals surface area contributed by atoms with E-state index in [1.54, 1.807) is 23.1 Å². The molecule has 0 N–H and O–H groups in total. The number of hydrogen-bond donors (Lipinski definition) is 0. The molecule has 1 amide bonds. The normalized spacial score (nSPS) is 11.4. The molecule has 0 aliphatic carbocycles. The summed E-state index contributed by atoms with van der Waals surface area (Å²) in [7, 11) is -2.76. The Balaban J connectivity index is 2.35. The van der Waals surface area contributed by atoms with Crippen LogP contribution in [0.4, 0.5) is 0 Å². The standard InChI is InChI=1S/C20H23Cl2NO5S/c1-13(2)11-23(14(3)24)12-15-5-8-19(27-4)20(9-15)28-29(25,26)16-6-7-17(21)18(22)10-16/h5-10,13H,11-12H2,1-4H3. The summed E-state index contributed by atoms with van der Waals surface area (Å²) in [5, 5.41) is 0.336. The molecule has 0 saturated heterocycles. The Hall–Kier alpha value is -1.96. The number of hydrogen-bond acceptors (Lipinski definition) is 5. The molecule has 0 aliphatic rings. The fourth-order valence-corrected chi connectivity index (χ4v) is 3.97. The molecule has 9 heteroatoms. The molecule has 0 unspecified atom stereocenters. The van der Waals surface area contributed by atoms with Crippen molar-refractivity contribution < 1.29 is 22.1 Å². The number of ether oxygens (including phenoxy) is 1. The molecule has 0 radical (unpaired) electrons. The van der Waals surface area contributed by atoms with Crippen molar-refractivity contribution in [2.24, 2.45) is 5.92 Å². The molecule has 2 aromatic carbocycles. The summed E-state index contributed by atoms with van der Waals surface area (Å²) < 4.78 is 35.9. The molecule has 0 atom stereocenters. The van der Waals surface area contributed by atoms with Gasteiger partial charge in [0.25, 0.3) is 0 Å². The van der Waals surface area contributed by atoms with E-state index in [0.29, 0.717) is 24.6 Å². The van der Waals surface area contributed by atoms with Gasteiger partial charge in [-0.1, -0.05) is 43.1 Å². The number of nitrogens with zero attached hydrogens (tertiary/aromatic N) is 1. The van der Waals surface area contributed by atoms with Gasteiger partial charge in [-0.3, -0.25) is 4.79 Å². The maximum absolute atomic E-state index is 12.7. The zero-order valence-corrected chi connectivity index (χ0v) is 18.9. The Morgan fingerprint density at radius 2 is 1.76 bits per heavy atom. The Morgan fingerprint density at radius 3 is 2.31 bits per heavy atom. The van der Waals surface area contributed by atoms with Gasteiger partial charge < -0.3 is 13.8 Å². The third kappa shape index (κ3) is 6.26. The first kappa shape index (κ1) is 23.3. The Labute approximate surface area is 181 Å². The van der Waals surface area contributed by atoms with E-state index in [4.69, 9.17) is 32.1 Å². The summed E-state index contributed by atoms with van der Waals surface area (Å²) in [4.78, 5) is 13.5. The Morgan fingerprint density at radius 1 is 1.07 bits per heavy atom. The molecular formula is C20H23Cl2NO5S. The smallest absolute Gasteiger partial charge is 0.339 e. The predicted molar refractivity (Wildman–Crippen MR) is 113 cm³/mol. The van der Waals surface area contributed by atoms with E-state index >= 15 is 0 Å². The fourth-order valence-electron chi connectivity index (χ4n) is 2.65. The fraction of sp³-hybridized carbons (Fsp3) is 0.350. The summed E-state index contributed by atoms with van der Waals surface area (Å²) in [6.07, 6.45) is 0. The summed E-state index contributed by atoms with van der Waals surface area (Å²) in [6, 6.07) is 8.81. The minimum Gasteiger partial charge on any atom is -0.493 e. The maximum atomic E-state index is 12.7. The van der Waals surface area contributed by atoms with E-state index in [-0.39, 0.29) is 32.3 Å². The van der Waals surface area contributed by atoms with Gasteiger partial charge in [-0.05, 0) is 41.8 Å². The molecule has 0 spiro atoms. The summed E-state index contributed by atoms with van der Waals surface area (Å²) in [5.74, 6) is 0.489. The second-order valence-corrected chi connectivity index (χ2v) is 9.25. The van der Waals surface area contributed by atoms with E-state index < -0.39 is 10.1 Å². The lowest BCUT2D eigenvalue weighted by Crippen LogP contribution is -2.31. The molecule has 0 aromatic heterocycles. The van der Waals surface area contributed by atoms with Crippen molar-refractivity contribution in [2.75, 3.05) is 13.7 Å². The number of rotatable bonds is 8. The highest BCUT2D eigenvalue weighted by molar-refractivity contribution is 7.87. The van der Waals surface area contributed by atoms with E-state index in [9.17, 15) is 13.2 Å². The van der Waals surface area contributed by atoms with Crippen LogP contribution in [0.5, 0.6) is 11.5 Å².